The summed E-state index contributed by atoms with van der Waals surface area (Å²) in [6.45, 7) is 0.146. The smallest absolute Gasteiger partial charge is 0.408 e. The molecular formula is C17H21NO4. The number of benzene rings is 1. The van der Waals surface area contributed by atoms with Crippen LogP contribution in [0.25, 0.3) is 0 Å². The summed E-state index contributed by atoms with van der Waals surface area (Å²) in [5.41, 5.74) is -0.133. The molecule has 0 aliphatic heterocycles. The summed E-state index contributed by atoms with van der Waals surface area (Å²) in [5, 5.41) is 12.1. The zero-order valence-corrected chi connectivity index (χ0v) is 12.5. The van der Waals surface area contributed by atoms with Crippen molar-refractivity contribution in [2.75, 3.05) is 0 Å². The van der Waals surface area contributed by atoms with Crippen molar-refractivity contribution < 1.29 is 19.4 Å². The van der Waals surface area contributed by atoms with Gasteiger partial charge in [0.1, 0.15) is 12.1 Å². The van der Waals surface area contributed by atoms with Gasteiger partial charge in [0.25, 0.3) is 0 Å². The lowest BCUT2D eigenvalue weighted by Gasteiger charge is -2.52. The van der Waals surface area contributed by atoms with E-state index in [0.717, 1.165) is 31.2 Å². The SMILES string of the molecule is O=C(NC1(C(=O)O)CC2(CCCC2)C1)OCc1ccccc1. The topological polar surface area (TPSA) is 75.6 Å². The second kappa shape index (κ2) is 5.63. The number of carboxylic acids is 1. The Morgan fingerprint density at radius 1 is 1.14 bits per heavy atom. The van der Waals surface area contributed by atoms with Crippen LogP contribution in [0.15, 0.2) is 30.3 Å². The van der Waals surface area contributed by atoms with E-state index in [1.54, 1.807) is 0 Å². The van der Waals surface area contributed by atoms with Crippen LogP contribution in [-0.2, 0) is 16.1 Å². The van der Waals surface area contributed by atoms with E-state index in [2.05, 4.69) is 5.32 Å². The molecule has 1 aromatic carbocycles. The minimum Gasteiger partial charge on any atom is -0.480 e. The van der Waals surface area contributed by atoms with Crippen molar-refractivity contribution in [3.05, 3.63) is 35.9 Å². The number of alkyl carbamates (subject to hydrolysis) is 1. The van der Waals surface area contributed by atoms with Crippen molar-refractivity contribution in [2.24, 2.45) is 5.41 Å². The molecule has 1 amide bonds. The molecule has 0 unspecified atom stereocenters. The predicted octanol–water partition coefficient (Wildman–Crippen LogP) is 3.09. The fraction of sp³-hybridized carbons (Fsp3) is 0.529. The van der Waals surface area contributed by atoms with Crippen LogP contribution in [0.3, 0.4) is 0 Å². The van der Waals surface area contributed by atoms with Crippen LogP contribution in [-0.4, -0.2) is 22.7 Å². The molecule has 118 valence electrons. The second-order valence-corrected chi connectivity index (χ2v) is 6.63. The number of aliphatic carboxylic acids is 1. The van der Waals surface area contributed by atoms with Crippen LogP contribution >= 0.6 is 0 Å². The standard InChI is InChI=1S/C17H21NO4/c19-14(20)17(11-16(12-17)8-4-5-9-16)18-15(21)22-10-13-6-2-1-3-7-13/h1-3,6-7H,4-5,8-12H2,(H,18,21)(H,19,20). The van der Waals surface area contributed by atoms with E-state index in [9.17, 15) is 14.7 Å². The molecule has 2 N–H and O–H groups in total. The molecule has 1 spiro atoms. The molecule has 2 aliphatic rings. The number of ether oxygens (including phenoxy) is 1. The average molecular weight is 303 g/mol. The molecule has 3 rings (SSSR count). The van der Waals surface area contributed by atoms with Crippen molar-refractivity contribution in [1.29, 1.82) is 0 Å². The lowest BCUT2D eigenvalue weighted by atomic mass is 9.56. The summed E-state index contributed by atoms with van der Waals surface area (Å²) in [7, 11) is 0. The van der Waals surface area contributed by atoms with Gasteiger partial charge in [0.2, 0.25) is 0 Å². The third kappa shape index (κ3) is 2.80. The van der Waals surface area contributed by atoms with Gasteiger partial charge in [0.05, 0.1) is 0 Å². The average Bonchev–Trinajstić information content (AvgIpc) is 2.94. The molecule has 0 heterocycles. The lowest BCUT2D eigenvalue weighted by molar-refractivity contribution is -0.156. The van der Waals surface area contributed by atoms with Gasteiger partial charge in [-0.2, -0.15) is 0 Å². The van der Waals surface area contributed by atoms with Crippen LogP contribution in [0, 0.1) is 5.41 Å². The highest BCUT2D eigenvalue weighted by atomic mass is 16.5. The molecule has 0 radical (unpaired) electrons. The minimum absolute atomic E-state index is 0.130. The van der Waals surface area contributed by atoms with Gasteiger partial charge in [-0.1, -0.05) is 43.2 Å². The van der Waals surface area contributed by atoms with Gasteiger partial charge in [-0.05, 0) is 36.7 Å². The van der Waals surface area contributed by atoms with Gasteiger partial charge in [0, 0.05) is 0 Å². The van der Waals surface area contributed by atoms with Crippen molar-refractivity contribution in [3.63, 3.8) is 0 Å². The predicted molar refractivity (Wildman–Crippen MR) is 80.3 cm³/mol. The summed E-state index contributed by atoms with van der Waals surface area (Å²) in [5.74, 6) is -0.957. The number of carboxylic acid groups (broad SMARTS) is 1. The lowest BCUT2D eigenvalue weighted by Crippen LogP contribution is -2.66. The zero-order valence-electron chi connectivity index (χ0n) is 12.5. The molecule has 0 aromatic heterocycles. The van der Waals surface area contributed by atoms with Gasteiger partial charge >= 0.3 is 12.1 Å². The Labute approximate surface area is 129 Å². The number of amides is 1. The first-order chi connectivity index (χ1) is 10.5. The summed E-state index contributed by atoms with van der Waals surface area (Å²) >= 11 is 0. The van der Waals surface area contributed by atoms with Gasteiger partial charge in [-0.25, -0.2) is 9.59 Å². The van der Waals surface area contributed by atoms with E-state index in [0.29, 0.717) is 12.8 Å². The first kappa shape index (κ1) is 14.9. The maximum atomic E-state index is 11.9. The Morgan fingerprint density at radius 3 is 2.36 bits per heavy atom. The first-order valence-electron chi connectivity index (χ1n) is 7.76. The summed E-state index contributed by atoms with van der Waals surface area (Å²) in [4.78, 5) is 23.5. The van der Waals surface area contributed by atoms with Crippen molar-refractivity contribution in [1.82, 2.24) is 5.32 Å². The minimum atomic E-state index is -1.14. The number of hydrogen-bond acceptors (Lipinski definition) is 3. The second-order valence-electron chi connectivity index (χ2n) is 6.63. The fourth-order valence-electron chi connectivity index (χ4n) is 3.95. The van der Waals surface area contributed by atoms with Crippen LogP contribution in [0.1, 0.15) is 44.1 Å². The molecule has 22 heavy (non-hydrogen) atoms. The molecule has 0 atom stereocenters. The van der Waals surface area contributed by atoms with E-state index in [4.69, 9.17) is 4.74 Å². The van der Waals surface area contributed by atoms with Gasteiger partial charge in [-0.3, -0.25) is 0 Å². The molecule has 1 aromatic rings. The number of rotatable bonds is 4. The van der Waals surface area contributed by atoms with Crippen LogP contribution < -0.4 is 5.32 Å². The highest BCUT2D eigenvalue weighted by molar-refractivity contribution is 5.86. The molecule has 5 heteroatoms. The molecule has 0 saturated heterocycles. The van der Waals surface area contributed by atoms with Crippen LogP contribution in [0.5, 0.6) is 0 Å². The van der Waals surface area contributed by atoms with Gasteiger partial charge in [0.15, 0.2) is 0 Å². The summed E-state index contributed by atoms with van der Waals surface area (Å²) in [6, 6.07) is 9.34. The maximum absolute atomic E-state index is 11.9. The molecule has 0 bridgehead atoms. The van der Waals surface area contributed by atoms with Gasteiger partial charge < -0.3 is 15.2 Å². The Kier molecular flexibility index (Phi) is 3.81. The Bertz CT molecular complexity index is 555. The first-order valence-corrected chi connectivity index (χ1v) is 7.76. The largest absolute Gasteiger partial charge is 0.480 e. The molecule has 2 aliphatic carbocycles. The number of hydrogen-bond donors (Lipinski definition) is 2. The highest BCUT2D eigenvalue weighted by Crippen LogP contribution is 2.58. The summed E-state index contributed by atoms with van der Waals surface area (Å²) in [6.07, 6.45) is 4.86. The Balaban J connectivity index is 1.56. The highest BCUT2D eigenvalue weighted by Gasteiger charge is 2.60. The van der Waals surface area contributed by atoms with E-state index in [-0.39, 0.29) is 12.0 Å². The number of carbonyl (C=O) groups excluding carboxylic acids is 1. The third-order valence-corrected chi connectivity index (χ3v) is 4.98. The van der Waals surface area contributed by atoms with E-state index < -0.39 is 17.6 Å². The van der Waals surface area contributed by atoms with Crippen molar-refractivity contribution >= 4 is 12.1 Å². The Morgan fingerprint density at radius 2 is 1.77 bits per heavy atom. The van der Waals surface area contributed by atoms with Crippen LogP contribution in [0.2, 0.25) is 0 Å². The Hall–Kier alpha value is -2.04. The normalized spacial score (nSPS) is 21.1. The van der Waals surface area contributed by atoms with Gasteiger partial charge in [-0.15, -0.1) is 0 Å². The fourth-order valence-corrected chi connectivity index (χ4v) is 3.95. The van der Waals surface area contributed by atoms with E-state index >= 15 is 0 Å². The third-order valence-electron chi connectivity index (χ3n) is 4.98. The monoisotopic (exact) mass is 303 g/mol. The molecule has 5 nitrogen and oxygen atoms in total. The molecule has 2 saturated carbocycles. The zero-order chi connectivity index (χ0) is 15.6. The van der Waals surface area contributed by atoms with E-state index in [1.165, 1.54) is 0 Å². The quantitative estimate of drug-likeness (QED) is 0.896. The maximum Gasteiger partial charge on any atom is 0.408 e. The van der Waals surface area contributed by atoms with Crippen molar-refractivity contribution in [2.45, 2.75) is 50.7 Å². The molecule has 2 fully saturated rings. The number of carbonyl (C=O) groups is 2. The van der Waals surface area contributed by atoms with E-state index in [1.807, 2.05) is 30.3 Å². The summed E-state index contributed by atoms with van der Waals surface area (Å²) < 4.78 is 5.15. The molecular weight excluding hydrogens is 282 g/mol. The van der Waals surface area contributed by atoms with Crippen LogP contribution in [0.4, 0.5) is 4.79 Å². The number of nitrogens with one attached hydrogen (secondary N) is 1. The van der Waals surface area contributed by atoms with Crippen molar-refractivity contribution in [3.8, 4) is 0 Å².